The summed E-state index contributed by atoms with van der Waals surface area (Å²) in [7, 11) is 0. The third-order valence-electron chi connectivity index (χ3n) is 2.33. The van der Waals surface area contributed by atoms with Gasteiger partial charge in [0, 0.05) is 12.0 Å². The SMILES string of the molecule is NN=CNC(=O)C1=Cc2ccccc2C1. The molecule has 3 N–H and O–H groups in total. The molecule has 15 heavy (non-hydrogen) atoms. The van der Waals surface area contributed by atoms with E-state index in [0.717, 1.165) is 11.1 Å². The van der Waals surface area contributed by atoms with Crippen LogP contribution in [0.15, 0.2) is 34.9 Å². The monoisotopic (exact) mass is 201 g/mol. The van der Waals surface area contributed by atoms with Crippen LogP contribution in [-0.4, -0.2) is 12.2 Å². The van der Waals surface area contributed by atoms with Crippen LogP contribution in [0.4, 0.5) is 0 Å². The van der Waals surface area contributed by atoms with Gasteiger partial charge in [-0.05, 0) is 17.2 Å². The standard InChI is InChI=1S/C11H11N3O/c12-14-7-13-11(15)10-5-8-3-1-2-4-9(8)6-10/h1-5,7H,6,12H2,(H,13,14,15). The lowest BCUT2D eigenvalue weighted by molar-refractivity contribution is -0.116. The highest BCUT2D eigenvalue weighted by molar-refractivity contribution is 6.04. The normalized spacial score (nSPS) is 13.7. The molecule has 1 amide bonds. The van der Waals surface area contributed by atoms with Gasteiger partial charge in [0.05, 0.1) is 0 Å². The van der Waals surface area contributed by atoms with Crippen molar-refractivity contribution >= 4 is 18.3 Å². The Kier molecular flexibility index (Phi) is 2.49. The summed E-state index contributed by atoms with van der Waals surface area (Å²) in [5, 5.41) is 5.70. The van der Waals surface area contributed by atoms with E-state index >= 15 is 0 Å². The molecule has 0 unspecified atom stereocenters. The molecule has 0 spiro atoms. The minimum atomic E-state index is -0.152. The van der Waals surface area contributed by atoms with Gasteiger partial charge in [-0.2, -0.15) is 5.10 Å². The summed E-state index contributed by atoms with van der Waals surface area (Å²) in [6.45, 7) is 0. The minimum Gasteiger partial charge on any atom is -0.322 e. The van der Waals surface area contributed by atoms with Crippen molar-refractivity contribution in [3.05, 3.63) is 41.0 Å². The molecule has 76 valence electrons. The van der Waals surface area contributed by atoms with Gasteiger partial charge in [-0.15, -0.1) is 0 Å². The Bertz CT molecular complexity index is 449. The molecule has 2 rings (SSSR count). The lowest BCUT2D eigenvalue weighted by atomic mass is 10.1. The second-order valence-corrected chi connectivity index (χ2v) is 3.30. The topological polar surface area (TPSA) is 67.5 Å². The summed E-state index contributed by atoms with van der Waals surface area (Å²) < 4.78 is 0. The van der Waals surface area contributed by atoms with Crippen LogP contribution >= 0.6 is 0 Å². The number of amides is 1. The first kappa shape index (κ1) is 9.45. The Morgan fingerprint density at radius 3 is 3.00 bits per heavy atom. The Morgan fingerprint density at radius 1 is 1.47 bits per heavy atom. The molecule has 0 heterocycles. The number of carbonyl (C=O) groups is 1. The number of carbonyl (C=O) groups excluding carboxylic acids is 1. The van der Waals surface area contributed by atoms with Gasteiger partial charge < -0.3 is 11.2 Å². The second-order valence-electron chi connectivity index (χ2n) is 3.30. The van der Waals surface area contributed by atoms with Gasteiger partial charge in [-0.25, -0.2) is 0 Å². The van der Waals surface area contributed by atoms with Crippen molar-refractivity contribution in [2.75, 3.05) is 0 Å². The largest absolute Gasteiger partial charge is 0.322 e. The molecule has 0 bridgehead atoms. The van der Waals surface area contributed by atoms with E-state index in [2.05, 4.69) is 10.4 Å². The first-order valence-corrected chi connectivity index (χ1v) is 4.62. The first-order chi connectivity index (χ1) is 7.31. The highest BCUT2D eigenvalue weighted by Gasteiger charge is 2.16. The number of nitrogens with zero attached hydrogens (tertiary/aromatic N) is 1. The molecular weight excluding hydrogens is 190 g/mol. The van der Waals surface area contributed by atoms with Crippen molar-refractivity contribution in [2.24, 2.45) is 10.9 Å². The van der Waals surface area contributed by atoms with E-state index in [-0.39, 0.29) is 5.91 Å². The lowest BCUT2D eigenvalue weighted by Crippen LogP contribution is -2.23. The van der Waals surface area contributed by atoms with E-state index in [4.69, 9.17) is 5.84 Å². The second kappa shape index (κ2) is 3.96. The molecular formula is C11H11N3O. The predicted octanol–water partition coefficient (Wildman–Crippen LogP) is 0.644. The molecule has 0 fully saturated rings. The molecule has 0 aromatic heterocycles. The van der Waals surface area contributed by atoms with E-state index in [1.54, 1.807) is 0 Å². The van der Waals surface area contributed by atoms with Crippen molar-refractivity contribution in [2.45, 2.75) is 6.42 Å². The summed E-state index contributed by atoms with van der Waals surface area (Å²) in [6, 6.07) is 7.93. The van der Waals surface area contributed by atoms with Crippen molar-refractivity contribution < 1.29 is 4.79 Å². The Hall–Kier alpha value is -2.10. The lowest BCUT2D eigenvalue weighted by Gasteiger charge is -1.99. The fourth-order valence-corrected chi connectivity index (χ4v) is 1.61. The summed E-state index contributed by atoms with van der Waals surface area (Å²) >= 11 is 0. The van der Waals surface area contributed by atoms with Crippen molar-refractivity contribution in [1.82, 2.24) is 5.32 Å². The predicted molar refractivity (Wildman–Crippen MR) is 58.9 cm³/mol. The number of benzene rings is 1. The number of hydrogen-bond acceptors (Lipinski definition) is 3. The third-order valence-corrected chi connectivity index (χ3v) is 2.33. The van der Waals surface area contributed by atoms with Crippen molar-refractivity contribution in [1.29, 1.82) is 0 Å². The highest BCUT2D eigenvalue weighted by atomic mass is 16.1. The molecule has 0 atom stereocenters. The van der Waals surface area contributed by atoms with E-state index in [1.165, 1.54) is 11.9 Å². The first-order valence-electron chi connectivity index (χ1n) is 4.62. The quantitative estimate of drug-likeness (QED) is 0.319. The summed E-state index contributed by atoms with van der Waals surface area (Å²) in [5.41, 5.74) is 3.01. The van der Waals surface area contributed by atoms with Gasteiger partial charge in [0.25, 0.3) is 5.91 Å². The number of rotatable bonds is 2. The van der Waals surface area contributed by atoms with Crippen LogP contribution in [0.3, 0.4) is 0 Å². The smallest absolute Gasteiger partial charge is 0.252 e. The molecule has 1 aromatic rings. The van der Waals surface area contributed by atoms with Gasteiger partial charge >= 0.3 is 0 Å². The van der Waals surface area contributed by atoms with Gasteiger partial charge in [0.2, 0.25) is 0 Å². The summed E-state index contributed by atoms with van der Waals surface area (Å²) in [4.78, 5) is 11.5. The van der Waals surface area contributed by atoms with Crippen LogP contribution in [0.1, 0.15) is 11.1 Å². The van der Waals surface area contributed by atoms with Crippen LogP contribution in [0.25, 0.3) is 6.08 Å². The molecule has 1 aromatic carbocycles. The van der Waals surface area contributed by atoms with Crippen molar-refractivity contribution in [3.8, 4) is 0 Å². The zero-order valence-electron chi connectivity index (χ0n) is 8.10. The average Bonchev–Trinajstić information content (AvgIpc) is 2.69. The van der Waals surface area contributed by atoms with Crippen LogP contribution < -0.4 is 11.2 Å². The molecule has 0 saturated carbocycles. The molecule has 0 aliphatic heterocycles. The molecule has 0 saturated heterocycles. The Morgan fingerprint density at radius 2 is 2.27 bits per heavy atom. The highest BCUT2D eigenvalue weighted by Crippen LogP contribution is 2.24. The maximum atomic E-state index is 11.5. The van der Waals surface area contributed by atoms with E-state index < -0.39 is 0 Å². The van der Waals surface area contributed by atoms with Gasteiger partial charge in [-0.1, -0.05) is 24.3 Å². The zero-order chi connectivity index (χ0) is 10.7. The van der Waals surface area contributed by atoms with E-state index in [1.807, 2.05) is 30.3 Å². The van der Waals surface area contributed by atoms with E-state index in [0.29, 0.717) is 6.42 Å². The van der Waals surface area contributed by atoms with Crippen LogP contribution in [0.5, 0.6) is 0 Å². The zero-order valence-corrected chi connectivity index (χ0v) is 8.10. The summed E-state index contributed by atoms with van der Waals surface area (Å²) in [5.74, 6) is 4.74. The molecule has 0 radical (unpaired) electrons. The fourth-order valence-electron chi connectivity index (χ4n) is 1.61. The number of hydrogen-bond donors (Lipinski definition) is 2. The molecule has 1 aliphatic rings. The van der Waals surface area contributed by atoms with Gasteiger partial charge in [-0.3, -0.25) is 4.79 Å². The number of nitrogens with one attached hydrogen (secondary N) is 1. The third kappa shape index (κ3) is 1.88. The summed E-state index contributed by atoms with van der Waals surface area (Å²) in [6.07, 6.45) is 3.74. The van der Waals surface area contributed by atoms with Crippen LogP contribution in [0.2, 0.25) is 0 Å². The fraction of sp³-hybridized carbons (Fsp3) is 0.0909. The molecule has 4 nitrogen and oxygen atoms in total. The number of nitrogens with two attached hydrogens (primary N) is 1. The maximum absolute atomic E-state index is 11.5. The van der Waals surface area contributed by atoms with E-state index in [9.17, 15) is 4.79 Å². The maximum Gasteiger partial charge on any atom is 0.252 e. The molecule has 4 heteroatoms. The minimum absolute atomic E-state index is 0.152. The average molecular weight is 201 g/mol. The number of fused-ring (bicyclic) bond motifs is 1. The Balaban J connectivity index is 2.14. The van der Waals surface area contributed by atoms with Crippen molar-refractivity contribution in [3.63, 3.8) is 0 Å². The number of hydrazone groups is 1. The van der Waals surface area contributed by atoms with Crippen LogP contribution in [-0.2, 0) is 11.2 Å². The van der Waals surface area contributed by atoms with Gasteiger partial charge in [0.1, 0.15) is 6.34 Å². The van der Waals surface area contributed by atoms with Gasteiger partial charge in [0.15, 0.2) is 0 Å². The Labute approximate surface area is 87.5 Å². The molecule has 1 aliphatic carbocycles. The van der Waals surface area contributed by atoms with Crippen LogP contribution in [0, 0.1) is 0 Å².